The third-order valence-electron chi connectivity index (χ3n) is 9.38. The standard InChI is InChI=1S/C38H43N5O2/c39-32-13-11-31(12-14-32)38(45)43-22-19-30(24-28-9-5-2-6-10-28)25-36(43)41-37(44)34-16-15-33(40)26-35(34)42-20-17-29(18-21-42)23-27-7-3-1-4-8-27/h1-16,26,29-30,36H,17-25,39-40H2,(H,41,44). The van der Waals surface area contributed by atoms with Crippen molar-refractivity contribution in [1.82, 2.24) is 10.2 Å². The number of carbonyl (C=O) groups excluding carboxylic acids is 2. The minimum absolute atomic E-state index is 0.100. The quantitative estimate of drug-likeness (QED) is 0.210. The number of nitrogens with two attached hydrogens (primary N) is 2. The van der Waals surface area contributed by atoms with Crippen LogP contribution in [-0.2, 0) is 12.8 Å². The molecule has 7 heteroatoms. The number of amides is 2. The molecule has 2 unspecified atom stereocenters. The smallest absolute Gasteiger partial charge is 0.255 e. The van der Waals surface area contributed by atoms with E-state index in [2.05, 4.69) is 64.8 Å². The number of hydrogen-bond acceptors (Lipinski definition) is 5. The number of hydrogen-bond donors (Lipinski definition) is 3. The second-order valence-corrected chi connectivity index (χ2v) is 12.6. The summed E-state index contributed by atoms with van der Waals surface area (Å²) in [4.78, 5) is 31.9. The average Bonchev–Trinajstić information content (AvgIpc) is 3.06. The molecule has 5 N–H and O–H groups in total. The highest BCUT2D eigenvalue weighted by Gasteiger charge is 2.34. The van der Waals surface area contributed by atoms with Gasteiger partial charge in [-0.2, -0.15) is 0 Å². The van der Waals surface area contributed by atoms with Gasteiger partial charge in [0.25, 0.3) is 11.8 Å². The summed E-state index contributed by atoms with van der Waals surface area (Å²) in [6.45, 7) is 2.30. The molecule has 232 valence electrons. The van der Waals surface area contributed by atoms with E-state index in [0.717, 1.165) is 50.9 Å². The fourth-order valence-corrected chi connectivity index (χ4v) is 6.90. The van der Waals surface area contributed by atoms with E-state index in [1.54, 1.807) is 30.3 Å². The maximum atomic E-state index is 14.1. The van der Waals surface area contributed by atoms with Gasteiger partial charge in [-0.1, -0.05) is 60.7 Å². The number of nitrogens with zero attached hydrogens (tertiary/aromatic N) is 2. The molecule has 0 spiro atoms. The molecular weight excluding hydrogens is 558 g/mol. The second kappa shape index (κ2) is 13.9. The highest BCUT2D eigenvalue weighted by Crippen LogP contribution is 2.31. The minimum atomic E-state index is -0.438. The average molecular weight is 602 g/mol. The Morgan fingerprint density at radius 1 is 0.689 bits per heavy atom. The van der Waals surface area contributed by atoms with E-state index >= 15 is 0 Å². The van der Waals surface area contributed by atoms with E-state index in [9.17, 15) is 9.59 Å². The maximum absolute atomic E-state index is 14.1. The number of nitrogen functional groups attached to an aromatic ring is 2. The van der Waals surface area contributed by atoms with Gasteiger partial charge < -0.3 is 26.6 Å². The number of anilines is 3. The molecule has 0 aliphatic carbocycles. The van der Waals surface area contributed by atoms with Crippen molar-refractivity contribution in [3.8, 4) is 0 Å². The molecule has 0 saturated carbocycles. The molecule has 7 nitrogen and oxygen atoms in total. The lowest BCUT2D eigenvalue weighted by Gasteiger charge is -2.40. The predicted molar refractivity (Wildman–Crippen MR) is 182 cm³/mol. The van der Waals surface area contributed by atoms with Crippen molar-refractivity contribution in [3.05, 3.63) is 125 Å². The van der Waals surface area contributed by atoms with E-state index in [1.165, 1.54) is 11.1 Å². The third-order valence-corrected chi connectivity index (χ3v) is 9.38. The summed E-state index contributed by atoms with van der Waals surface area (Å²) in [5.74, 6) is 0.662. The van der Waals surface area contributed by atoms with Gasteiger partial charge in [-0.05, 0) is 104 Å². The van der Waals surface area contributed by atoms with Gasteiger partial charge >= 0.3 is 0 Å². The van der Waals surface area contributed by atoms with E-state index in [4.69, 9.17) is 11.5 Å². The van der Waals surface area contributed by atoms with Crippen molar-refractivity contribution in [2.24, 2.45) is 11.8 Å². The molecule has 0 bridgehead atoms. The van der Waals surface area contributed by atoms with Gasteiger partial charge in [0.15, 0.2) is 0 Å². The Morgan fingerprint density at radius 3 is 1.91 bits per heavy atom. The number of nitrogens with one attached hydrogen (secondary N) is 1. The Kier molecular flexibility index (Phi) is 9.34. The first-order valence-electron chi connectivity index (χ1n) is 16.1. The highest BCUT2D eigenvalue weighted by molar-refractivity contribution is 6.01. The molecule has 4 aromatic rings. The van der Waals surface area contributed by atoms with Crippen molar-refractivity contribution >= 4 is 28.9 Å². The van der Waals surface area contributed by atoms with Crippen LogP contribution < -0.4 is 21.7 Å². The van der Waals surface area contributed by atoms with Crippen molar-refractivity contribution in [1.29, 1.82) is 0 Å². The first-order valence-corrected chi connectivity index (χ1v) is 16.1. The Balaban J connectivity index is 1.19. The van der Waals surface area contributed by atoms with E-state index < -0.39 is 6.17 Å². The van der Waals surface area contributed by atoms with Crippen LogP contribution in [-0.4, -0.2) is 42.5 Å². The highest BCUT2D eigenvalue weighted by atomic mass is 16.2. The summed E-state index contributed by atoms with van der Waals surface area (Å²) in [5, 5.41) is 3.28. The molecule has 2 aliphatic heterocycles. The summed E-state index contributed by atoms with van der Waals surface area (Å²) >= 11 is 0. The molecule has 2 saturated heterocycles. The van der Waals surface area contributed by atoms with Crippen molar-refractivity contribution < 1.29 is 9.59 Å². The zero-order chi connectivity index (χ0) is 31.2. The Morgan fingerprint density at radius 2 is 1.27 bits per heavy atom. The lowest BCUT2D eigenvalue weighted by atomic mass is 9.88. The topological polar surface area (TPSA) is 105 Å². The summed E-state index contributed by atoms with van der Waals surface area (Å²) < 4.78 is 0. The lowest BCUT2D eigenvalue weighted by molar-refractivity contribution is 0.0465. The van der Waals surface area contributed by atoms with Crippen LogP contribution in [0.3, 0.4) is 0 Å². The molecular formula is C38H43N5O2. The number of likely N-dealkylation sites (tertiary alicyclic amines) is 1. The van der Waals surface area contributed by atoms with E-state index in [0.29, 0.717) is 47.3 Å². The van der Waals surface area contributed by atoms with Crippen molar-refractivity contribution in [2.45, 2.75) is 44.7 Å². The number of piperidine rings is 2. The van der Waals surface area contributed by atoms with Gasteiger partial charge in [-0.15, -0.1) is 0 Å². The van der Waals surface area contributed by atoms with Crippen molar-refractivity contribution in [2.75, 3.05) is 36.0 Å². The van der Waals surface area contributed by atoms with Crippen LogP contribution in [0.25, 0.3) is 0 Å². The molecule has 4 aromatic carbocycles. The normalized spacial score (nSPS) is 18.8. The molecule has 45 heavy (non-hydrogen) atoms. The molecule has 6 rings (SSSR count). The molecule has 2 fully saturated rings. The maximum Gasteiger partial charge on any atom is 0.255 e. The Bertz CT molecular complexity index is 1580. The van der Waals surface area contributed by atoms with Gasteiger partial charge in [0.05, 0.1) is 11.3 Å². The van der Waals surface area contributed by atoms with Crippen LogP contribution in [0.1, 0.15) is 57.5 Å². The van der Waals surface area contributed by atoms with Gasteiger partial charge in [0.1, 0.15) is 6.17 Å². The monoisotopic (exact) mass is 601 g/mol. The molecule has 2 heterocycles. The lowest BCUT2D eigenvalue weighted by Crippen LogP contribution is -2.55. The molecule has 2 aliphatic rings. The van der Waals surface area contributed by atoms with Crippen LogP contribution in [0.5, 0.6) is 0 Å². The zero-order valence-corrected chi connectivity index (χ0v) is 25.8. The van der Waals surface area contributed by atoms with Gasteiger partial charge in [0.2, 0.25) is 0 Å². The Hall–Kier alpha value is -4.78. The first kappa shape index (κ1) is 30.3. The fourth-order valence-electron chi connectivity index (χ4n) is 6.90. The summed E-state index contributed by atoms with van der Waals surface area (Å²) in [6.07, 6.45) is 5.19. The first-order chi connectivity index (χ1) is 21.9. The number of rotatable bonds is 8. The molecule has 0 aromatic heterocycles. The molecule has 2 amide bonds. The third kappa shape index (κ3) is 7.48. The minimum Gasteiger partial charge on any atom is -0.399 e. The van der Waals surface area contributed by atoms with Crippen molar-refractivity contribution in [3.63, 3.8) is 0 Å². The van der Waals surface area contributed by atoms with E-state index in [-0.39, 0.29) is 11.8 Å². The van der Waals surface area contributed by atoms with Crippen LogP contribution in [0.4, 0.5) is 17.1 Å². The zero-order valence-electron chi connectivity index (χ0n) is 25.8. The summed E-state index contributed by atoms with van der Waals surface area (Å²) in [6, 6.07) is 33.6. The molecule has 2 atom stereocenters. The largest absolute Gasteiger partial charge is 0.399 e. The van der Waals surface area contributed by atoms with Crippen LogP contribution in [0.2, 0.25) is 0 Å². The van der Waals surface area contributed by atoms with Crippen LogP contribution in [0, 0.1) is 11.8 Å². The SMILES string of the molecule is Nc1ccc(C(=O)N2CCC(Cc3ccccc3)CC2NC(=O)c2ccc(N)cc2N2CCC(Cc3ccccc3)CC2)cc1. The Labute approximate surface area is 266 Å². The fraction of sp³-hybridized carbons (Fsp3) is 0.316. The molecule has 0 radical (unpaired) electrons. The summed E-state index contributed by atoms with van der Waals surface area (Å²) in [5.41, 5.74) is 18.0. The number of benzene rings is 4. The van der Waals surface area contributed by atoms with Crippen LogP contribution in [0.15, 0.2) is 103 Å². The van der Waals surface area contributed by atoms with Crippen LogP contribution >= 0.6 is 0 Å². The van der Waals surface area contributed by atoms with Gasteiger partial charge in [0, 0.05) is 36.6 Å². The van der Waals surface area contributed by atoms with Gasteiger partial charge in [-0.3, -0.25) is 9.59 Å². The summed E-state index contributed by atoms with van der Waals surface area (Å²) in [7, 11) is 0. The predicted octanol–water partition coefficient (Wildman–Crippen LogP) is 6.16. The van der Waals surface area contributed by atoms with E-state index in [1.807, 2.05) is 23.1 Å². The van der Waals surface area contributed by atoms with Gasteiger partial charge in [-0.25, -0.2) is 0 Å². The second-order valence-electron chi connectivity index (χ2n) is 12.6. The number of carbonyl (C=O) groups is 2.